The molecule has 2 atom stereocenters. The van der Waals surface area contributed by atoms with E-state index in [2.05, 4.69) is 28.9 Å². The van der Waals surface area contributed by atoms with E-state index in [-0.39, 0.29) is 0 Å². The van der Waals surface area contributed by atoms with Gasteiger partial charge in [0.15, 0.2) is 0 Å². The lowest BCUT2D eigenvalue weighted by Gasteiger charge is -2.14. The van der Waals surface area contributed by atoms with Gasteiger partial charge in [-0.1, -0.05) is 31.6 Å². The van der Waals surface area contributed by atoms with E-state index in [1.54, 1.807) is 11.3 Å². The topological polar surface area (TPSA) is 29.0 Å². The summed E-state index contributed by atoms with van der Waals surface area (Å²) in [6.07, 6.45) is 4.30. The second kappa shape index (κ2) is 3.99. The molecule has 88 valence electrons. The molecule has 0 bridgehead atoms. The third kappa shape index (κ3) is 1.73. The van der Waals surface area contributed by atoms with E-state index in [0.29, 0.717) is 5.92 Å². The van der Waals surface area contributed by atoms with Crippen LogP contribution in [-0.4, -0.2) is 23.3 Å². The fourth-order valence-corrected chi connectivity index (χ4v) is 3.84. The molecule has 1 saturated carbocycles. The van der Waals surface area contributed by atoms with Crippen molar-refractivity contribution in [3.05, 3.63) is 5.01 Å². The number of hydrogen-bond acceptors (Lipinski definition) is 4. The highest BCUT2D eigenvalue weighted by Crippen LogP contribution is 2.40. The van der Waals surface area contributed by atoms with E-state index in [1.165, 1.54) is 37.4 Å². The first-order valence-electron chi connectivity index (χ1n) is 6.32. The molecule has 0 aromatic carbocycles. The Labute approximate surface area is 101 Å². The monoisotopic (exact) mass is 237 g/mol. The summed E-state index contributed by atoms with van der Waals surface area (Å²) in [7, 11) is 0. The SMILES string of the molecule is CC(C)c1nnc(N2CC3CCCC3C2)s1. The molecule has 0 spiro atoms. The van der Waals surface area contributed by atoms with Gasteiger partial charge in [-0.05, 0) is 24.7 Å². The van der Waals surface area contributed by atoms with E-state index < -0.39 is 0 Å². The molecule has 1 aliphatic heterocycles. The third-order valence-electron chi connectivity index (χ3n) is 3.92. The van der Waals surface area contributed by atoms with Gasteiger partial charge in [0.2, 0.25) is 5.13 Å². The summed E-state index contributed by atoms with van der Waals surface area (Å²) in [5, 5.41) is 10.9. The summed E-state index contributed by atoms with van der Waals surface area (Å²) in [6.45, 7) is 6.81. The molecule has 1 saturated heterocycles. The minimum absolute atomic E-state index is 0.508. The van der Waals surface area contributed by atoms with Crippen LogP contribution >= 0.6 is 11.3 Å². The van der Waals surface area contributed by atoms with E-state index in [9.17, 15) is 0 Å². The summed E-state index contributed by atoms with van der Waals surface area (Å²) in [6, 6.07) is 0. The van der Waals surface area contributed by atoms with E-state index in [1.807, 2.05) is 0 Å². The van der Waals surface area contributed by atoms with Crippen LogP contribution < -0.4 is 4.90 Å². The van der Waals surface area contributed by atoms with Crippen molar-refractivity contribution in [2.24, 2.45) is 11.8 Å². The Morgan fingerprint density at radius 3 is 2.44 bits per heavy atom. The number of aromatic nitrogens is 2. The molecule has 2 unspecified atom stereocenters. The lowest BCUT2D eigenvalue weighted by Crippen LogP contribution is -2.20. The van der Waals surface area contributed by atoms with E-state index in [0.717, 1.165) is 17.0 Å². The van der Waals surface area contributed by atoms with Crippen LogP contribution in [0.3, 0.4) is 0 Å². The Morgan fingerprint density at radius 2 is 1.88 bits per heavy atom. The van der Waals surface area contributed by atoms with Crippen molar-refractivity contribution in [2.45, 2.75) is 39.0 Å². The maximum absolute atomic E-state index is 4.34. The first-order valence-corrected chi connectivity index (χ1v) is 7.14. The molecule has 0 radical (unpaired) electrons. The lowest BCUT2D eigenvalue weighted by atomic mass is 10.0. The molecule has 0 N–H and O–H groups in total. The molecule has 3 rings (SSSR count). The summed E-state index contributed by atoms with van der Waals surface area (Å²) < 4.78 is 0. The summed E-state index contributed by atoms with van der Waals surface area (Å²) >= 11 is 1.78. The molecule has 3 nitrogen and oxygen atoms in total. The van der Waals surface area contributed by atoms with Gasteiger partial charge in [0.1, 0.15) is 5.01 Å². The van der Waals surface area contributed by atoms with Gasteiger partial charge >= 0.3 is 0 Å². The van der Waals surface area contributed by atoms with Gasteiger partial charge in [-0.2, -0.15) is 0 Å². The van der Waals surface area contributed by atoms with Gasteiger partial charge in [-0.3, -0.25) is 0 Å². The molecule has 4 heteroatoms. The molecule has 1 aromatic rings. The average molecular weight is 237 g/mol. The highest BCUT2D eigenvalue weighted by molar-refractivity contribution is 7.15. The van der Waals surface area contributed by atoms with Gasteiger partial charge in [0.05, 0.1) is 0 Å². The van der Waals surface area contributed by atoms with Crippen molar-refractivity contribution in [2.75, 3.05) is 18.0 Å². The number of fused-ring (bicyclic) bond motifs is 1. The summed E-state index contributed by atoms with van der Waals surface area (Å²) in [5.74, 6) is 2.38. The zero-order valence-corrected chi connectivity index (χ0v) is 10.8. The van der Waals surface area contributed by atoms with Crippen LogP contribution in [0.25, 0.3) is 0 Å². The molecule has 1 aromatic heterocycles. The minimum atomic E-state index is 0.508. The van der Waals surface area contributed by atoms with Crippen molar-refractivity contribution in [3.8, 4) is 0 Å². The molecule has 1 aliphatic carbocycles. The van der Waals surface area contributed by atoms with Gasteiger partial charge in [-0.15, -0.1) is 10.2 Å². The first kappa shape index (κ1) is 10.5. The fourth-order valence-electron chi connectivity index (χ4n) is 2.98. The van der Waals surface area contributed by atoms with Crippen molar-refractivity contribution >= 4 is 16.5 Å². The number of anilines is 1. The van der Waals surface area contributed by atoms with Crippen molar-refractivity contribution < 1.29 is 0 Å². The molecule has 16 heavy (non-hydrogen) atoms. The minimum Gasteiger partial charge on any atom is -0.346 e. The van der Waals surface area contributed by atoms with Crippen LogP contribution in [0.4, 0.5) is 5.13 Å². The Hall–Kier alpha value is -0.640. The zero-order valence-electron chi connectivity index (χ0n) is 10.0. The van der Waals surface area contributed by atoms with Crippen LogP contribution in [0.5, 0.6) is 0 Å². The maximum atomic E-state index is 4.34. The Balaban J connectivity index is 1.73. The standard InChI is InChI=1S/C12H19N3S/c1-8(2)11-13-14-12(16-11)15-6-9-4-3-5-10(9)7-15/h8-10H,3-7H2,1-2H3. The highest BCUT2D eigenvalue weighted by Gasteiger charge is 2.37. The number of hydrogen-bond donors (Lipinski definition) is 0. The molecule has 2 heterocycles. The fraction of sp³-hybridized carbons (Fsp3) is 0.833. The number of nitrogens with zero attached hydrogens (tertiary/aromatic N) is 3. The second-order valence-corrected chi connectivity index (χ2v) is 6.42. The normalized spacial score (nSPS) is 29.1. The van der Waals surface area contributed by atoms with Gasteiger partial charge in [0, 0.05) is 19.0 Å². The molecule has 0 amide bonds. The molecular weight excluding hydrogens is 218 g/mol. The predicted octanol–water partition coefficient (Wildman–Crippen LogP) is 2.90. The maximum Gasteiger partial charge on any atom is 0.208 e. The largest absolute Gasteiger partial charge is 0.346 e. The van der Waals surface area contributed by atoms with Crippen molar-refractivity contribution in [1.29, 1.82) is 0 Å². The molecule has 2 aliphatic rings. The predicted molar refractivity (Wildman–Crippen MR) is 67.0 cm³/mol. The van der Waals surface area contributed by atoms with Crippen LogP contribution in [0.2, 0.25) is 0 Å². The summed E-state index contributed by atoms with van der Waals surface area (Å²) in [5.41, 5.74) is 0. The Kier molecular flexibility index (Phi) is 2.62. The third-order valence-corrected chi connectivity index (χ3v) is 5.21. The second-order valence-electron chi connectivity index (χ2n) is 5.43. The van der Waals surface area contributed by atoms with Crippen LogP contribution in [0.15, 0.2) is 0 Å². The summed E-state index contributed by atoms with van der Waals surface area (Å²) in [4.78, 5) is 2.46. The number of rotatable bonds is 2. The van der Waals surface area contributed by atoms with Gasteiger partial charge in [-0.25, -0.2) is 0 Å². The Morgan fingerprint density at radius 1 is 1.19 bits per heavy atom. The lowest BCUT2D eigenvalue weighted by molar-refractivity contribution is 0.494. The smallest absolute Gasteiger partial charge is 0.208 e. The van der Waals surface area contributed by atoms with E-state index in [4.69, 9.17) is 0 Å². The highest BCUT2D eigenvalue weighted by atomic mass is 32.1. The first-order chi connectivity index (χ1) is 7.74. The van der Waals surface area contributed by atoms with Gasteiger partial charge in [0.25, 0.3) is 0 Å². The molecular formula is C12H19N3S. The van der Waals surface area contributed by atoms with Crippen LogP contribution in [0.1, 0.15) is 44.0 Å². The quantitative estimate of drug-likeness (QED) is 0.792. The zero-order chi connectivity index (χ0) is 11.1. The van der Waals surface area contributed by atoms with E-state index >= 15 is 0 Å². The van der Waals surface area contributed by atoms with Crippen LogP contribution in [-0.2, 0) is 0 Å². The Bertz CT molecular complexity index is 362. The average Bonchev–Trinajstić information content (AvgIpc) is 2.91. The van der Waals surface area contributed by atoms with Gasteiger partial charge < -0.3 is 4.90 Å². The van der Waals surface area contributed by atoms with Crippen LogP contribution in [0, 0.1) is 11.8 Å². The van der Waals surface area contributed by atoms with Crippen molar-refractivity contribution in [1.82, 2.24) is 10.2 Å². The van der Waals surface area contributed by atoms with Crippen molar-refractivity contribution in [3.63, 3.8) is 0 Å². The molecule has 2 fully saturated rings.